The second-order valence-electron chi connectivity index (χ2n) is 4.67. The highest BCUT2D eigenvalue weighted by Crippen LogP contribution is 2.12. The number of aryl methyl sites for hydroxylation is 2. The van der Waals surface area contributed by atoms with Crippen molar-refractivity contribution >= 4 is 11.7 Å². The normalized spacial score (nSPS) is 10.4. The molecule has 2 rings (SSSR count). The molecule has 0 spiro atoms. The molecule has 0 aliphatic heterocycles. The summed E-state index contributed by atoms with van der Waals surface area (Å²) >= 11 is 0. The lowest BCUT2D eigenvalue weighted by Crippen LogP contribution is -2.30. The van der Waals surface area contributed by atoms with Gasteiger partial charge in [0.05, 0.1) is 13.2 Å². The van der Waals surface area contributed by atoms with E-state index in [9.17, 15) is 4.79 Å². The third kappa shape index (κ3) is 4.28. The molecule has 0 radical (unpaired) electrons. The summed E-state index contributed by atoms with van der Waals surface area (Å²) in [7, 11) is 0. The minimum atomic E-state index is -0.339. The van der Waals surface area contributed by atoms with Gasteiger partial charge in [0, 0.05) is 12.2 Å². The van der Waals surface area contributed by atoms with Crippen LogP contribution in [0.3, 0.4) is 0 Å². The molecule has 112 valence electrons. The number of hydrogen-bond acceptors (Lipinski definition) is 4. The molecule has 0 fully saturated rings. The maximum Gasteiger partial charge on any atom is 0.319 e. The van der Waals surface area contributed by atoms with Crippen molar-refractivity contribution in [1.82, 2.24) is 20.1 Å². The van der Waals surface area contributed by atoms with Crippen molar-refractivity contribution in [3.05, 3.63) is 41.5 Å². The van der Waals surface area contributed by atoms with Crippen LogP contribution in [0.25, 0.3) is 0 Å². The first-order chi connectivity index (χ1) is 10.1. The number of benzene rings is 1. The van der Waals surface area contributed by atoms with Crippen molar-refractivity contribution < 1.29 is 9.90 Å². The first kappa shape index (κ1) is 15.0. The molecule has 0 aliphatic rings. The Labute approximate surface area is 123 Å². The van der Waals surface area contributed by atoms with Gasteiger partial charge in [0.1, 0.15) is 11.6 Å². The SMILES string of the molecule is Cc1nc(C)n(Cc2cccc(NC(=O)NCCO)c2)n1. The monoisotopic (exact) mass is 289 g/mol. The zero-order valence-electron chi connectivity index (χ0n) is 12.1. The molecule has 0 saturated carbocycles. The van der Waals surface area contributed by atoms with E-state index in [0.717, 1.165) is 17.2 Å². The second-order valence-corrected chi connectivity index (χ2v) is 4.67. The summed E-state index contributed by atoms with van der Waals surface area (Å²) < 4.78 is 1.82. The van der Waals surface area contributed by atoms with Crippen molar-refractivity contribution in [2.24, 2.45) is 0 Å². The van der Waals surface area contributed by atoms with Gasteiger partial charge in [-0.25, -0.2) is 14.5 Å². The summed E-state index contributed by atoms with van der Waals surface area (Å²) in [4.78, 5) is 15.8. The Morgan fingerprint density at radius 3 is 2.86 bits per heavy atom. The van der Waals surface area contributed by atoms with Crippen LogP contribution in [0.5, 0.6) is 0 Å². The van der Waals surface area contributed by atoms with Crippen LogP contribution in [0.4, 0.5) is 10.5 Å². The zero-order valence-corrected chi connectivity index (χ0v) is 12.1. The number of nitrogens with zero attached hydrogens (tertiary/aromatic N) is 3. The molecule has 3 N–H and O–H groups in total. The highest BCUT2D eigenvalue weighted by atomic mass is 16.3. The molecule has 7 heteroatoms. The molecule has 2 aromatic rings. The van der Waals surface area contributed by atoms with E-state index < -0.39 is 0 Å². The molecule has 1 aromatic carbocycles. The van der Waals surface area contributed by atoms with E-state index in [1.165, 1.54) is 0 Å². The van der Waals surface area contributed by atoms with E-state index in [2.05, 4.69) is 20.7 Å². The Morgan fingerprint density at radius 1 is 1.38 bits per heavy atom. The van der Waals surface area contributed by atoms with Gasteiger partial charge in [-0.15, -0.1) is 0 Å². The number of hydrogen-bond donors (Lipinski definition) is 3. The number of nitrogens with one attached hydrogen (secondary N) is 2. The molecule has 0 saturated heterocycles. The van der Waals surface area contributed by atoms with E-state index in [-0.39, 0.29) is 19.2 Å². The fourth-order valence-electron chi connectivity index (χ4n) is 1.98. The Morgan fingerprint density at radius 2 is 2.19 bits per heavy atom. The largest absolute Gasteiger partial charge is 0.395 e. The summed E-state index contributed by atoms with van der Waals surface area (Å²) in [6.07, 6.45) is 0. The number of carbonyl (C=O) groups is 1. The van der Waals surface area contributed by atoms with Crippen LogP contribution in [0, 0.1) is 13.8 Å². The molecule has 0 bridgehead atoms. The lowest BCUT2D eigenvalue weighted by Gasteiger charge is -2.09. The summed E-state index contributed by atoms with van der Waals surface area (Å²) in [6, 6.07) is 7.19. The number of rotatable bonds is 5. The smallest absolute Gasteiger partial charge is 0.319 e. The number of aromatic nitrogens is 3. The Kier molecular flexibility index (Phi) is 4.89. The van der Waals surface area contributed by atoms with Gasteiger partial charge in [-0.2, -0.15) is 5.10 Å². The third-order valence-electron chi connectivity index (χ3n) is 2.88. The number of carbonyl (C=O) groups excluding carboxylic acids is 1. The lowest BCUT2D eigenvalue weighted by atomic mass is 10.2. The minimum Gasteiger partial charge on any atom is -0.395 e. The van der Waals surface area contributed by atoms with Crippen LogP contribution in [-0.2, 0) is 6.54 Å². The van der Waals surface area contributed by atoms with Crippen molar-refractivity contribution in [3.63, 3.8) is 0 Å². The fraction of sp³-hybridized carbons (Fsp3) is 0.357. The standard InChI is InChI=1S/C14H19N5O2/c1-10-16-11(2)19(18-10)9-12-4-3-5-13(8-12)17-14(21)15-6-7-20/h3-5,8,20H,6-7,9H2,1-2H3,(H2,15,17,21). The minimum absolute atomic E-state index is 0.0849. The topological polar surface area (TPSA) is 92.1 Å². The average molecular weight is 289 g/mol. The molecule has 2 amide bonds. The number of amides is 2. The summed E-state index contributed by atoms with van der Waals surface area (Å²) in [5.74, 6) is 1.59. The molecule has 0 atom stereocenters. The maximum absolute atomic E-state index is 11.5. The van der Waals surface area contributed by atoms with E-state index in [4.69, 9.17) is 5.11 Å². The summed E-state index contributed by atoms with van der Waals surface area (Å²) in [5, 5.41) is 18.2. The predicted molar refractivity (Wildman–Crippen MR) is 79.1 cm³/mol. The van der Waals surface area contributed by atoms with Gasteiger partial charge >= 0.3 is 6.03 Å². The highest BCUT2D eigenvalue weighted by molar-refractivity contribution is 5.89. The second kappa shape index (κ2) is 6.85. The van der Waals surface area contributed by atoms with Gasteiger partial charge in [-0.1, -0.05) is 12.1 Å². The fourth-order valence-corrected chi connectivity index (χ4v) is 1.98. The lowest BCUT2D eigenvalue weighted by molar-refractivity contribution is 0.245. The van der Waals surface area contributed by atoms with Crippen LogP contribution in [-0.4, -0.2) is 39.1 Å². The van der Waals surface area contributed by atoms with Crippen LogP contribution in [0.1, 0.15) is 17.2 Å². The molecular weight excluding hydrogens is 270 g/mol. The summed E-state index contributed by atoms with van der Waals surface area (Å²) in [6.45, 7) is 4.50. The third-order valence-corrected chi connectivity index (χ3v) is 2.88. The number of urea groups is 1. The van der Waals surface area contributed by atoms with Gasteiger partial charge in [-0.3, -0.25) is 0 Å². The van der Waals surface area contributed by atoms with Crippen molar-refractivity contribution in [2.45, 2.75) is 20.4 Å². The Bertz CT molecular complexity index is 624. The highest BCUT2D eigenvalue weighted by Gasteiger charge is 2.05. The van der Waals surface area contributed by atoms with E-state index in [0.29, 0.717) is 12.2 Å². The molecule has 0 unspecified atom stereocenters. The average Bonchev–Trinajstić information content (AvgIpc) is 2.75. The Hall–Kier alpha value is -2.41. The molecular formula is C14H19N5O2. The van der Waals surface area contributed by atoms with Gasteiger partial charge in [-0.05, 0) is 31.5 Å². The van der Waals surface area contributed by atoms with Crippen molar-refractivity contribution in [2.75, 3.05) is 18.5 Å². The van der Waals surface area contributed by atoms with Gasteiger partial charge in [0.15, 0.2) is 0 Å². The van der Waals surface area contributed by atoms with Crippen molar-refractivity contribution in [3.8, 4) is 0 Å². The van der Waals surface area contributed by atoms with E-state index in [1.807, 2.05) is 42.8 Å². The van der Waals surface area contributed by atoms with Crippen molar-refractivity contribution in [1.29, 1.82) is 0 Å². The number of aliphatic hydroxyl groups is 1. The quantitative estimate of drug-likeness (QED) is 0.767. The van der Waals surface area contributed by atoms with Gasteiger partial charge < -0.3 is 15.7 Å². The molecule has 21 heavy (non-hydrogen) atoms. The number of aliphatic hydroxyl groups excluding tert-OH is 1. The molecule has 0 aliphatic carbocycles. The zero-order chi connectivity index (χ0) is 15.2. The van der Waals surface area contributed by atoms with Crippen LogP contribution < -0.4 is 10.6 Å². The molecule has 1 heterocycles. The first-order valence-electron chi connectivity index (χ1n) is 6.71. The van der Waals surface area contributed by atoms with E-state index in [1.54, 1.807) is 0 Å². The summed E-state index contributed by atoms with van der Waals surface area (Å²) in [5.41, 5.74) is 1.71. The van der Waals surface area contributed by atoms with Gasteiger partial charge in [0.2, 0.25) is 0 Å². The van der Waals surface area contributed by atoms with E-state index >= 15 is 0 Å². The van der Waals surface area contributed by atoms with Crippen LogP contribution >= 0.6 is 0 Å². The first-order valence-corrected chi connectivity index (χ1v) is 6.71. The van der Waals surface area contributed by atoms with Crippen LogP contribution in [0.2, 0.25) is 0 Å². The molecule has 7 nitrogen and oxygen atoms in total. The maximum atomic E-state index is 11.5. The Balaban J connectivity index is 2.04. The number of anilines is 1. The van der Waals surface area contributed by atoms with Crippen LogP contribution in [0.15, 0.2) is 24.3 Å². The predicted octanol–water partition coefficient (Wildman–Crippen LogP) is 1.06. The van der Waals surface area contributed by atoms with Gasteiger partial charge in [0.25, 0.3) is 0 Å². The molecule has 1 aromatic heterocycles.